The van der Waals surface area contributed by atoms with Crippen molar-refractivity contribution in [3.8, 4) is 0 Å². The molecule has 1 saturated carbocycles. The summed E-state index contributed by atoms with van der Waals surface area (Å²) in [5, 5.41) is 3.37. The van der Waals surface area contributed by atoms with Crippen molar-refractivity contribution in [2.75, 3.05) is 32.7 Å². The van der Waals surface area contributed by atoms with Gasteiger partial charge in [0.05, 0.1) is 6.04 Å². The number of carbonyl (C=O) groups is 1. The Morgan fingerprint density at radius 1 is 0.944 bits per heavy atom. The molecule has 0 radical (unpaired) electrons. The van der Waals surface area contributed by atoms with Crippen molar-refractivity contribution in [2.24, 2.45) is 0 Å². The van der Waals surface area contributed by atoms with Crippen molar-refractivity contribution in [2.45, 2.75) is 50.6 Å². The third-order valence-electron chi connectivity index (χ3n) is 4.83. The summed E-state index contributed by atoms with van der Waals surface area (Å²) in [7, 11) is 0. The largest absolute Gasteiger partial charge is 0.339 e. The topological polar surface area (TPSA) is 35.6 Å². The zero-order valence-corrected chi connectivity index (χ0v) is 11.2. The van der Waals surface area contributed by atoms with E-state index < -0.39 is 0 Å². The normalized spacial score (nSPS) is 31.1. The summed E-state index contributed by atoms with van der Waals surface area (Å²) in [6.45, 7) is 5.06. The first-order valence-electron chi connectivity index (χ1n) is 7.61. The zero-order valence-electron chi connectivity index (χ0n) is 11.2. The first kappa shape index (κ1) is 12.4. The molecule has 4 heteroatoms. The van der Waals surface area contributed by atoms with E-state index in [-0.39, 0.29) is 6.04 Å². The number of piperidine rings is 1. The van der Waals surface area contributed by atoms with Gasteiger partial charge < -0.3 is 10.2 Å². The van der Waals surface area contributed by atoms with Crippen LogP contribution in [0.2, 0.25) is 0 Å². The van der Waals surface area contributed by atoms with Gasteiger partial charge in [-0.25, -0.2) is 0 Å². The van der Waals surface area contributed by atoms with E-state index in [4.69, 9.17) is 0 Å². The van der Waals surface area contributed by atoms with Crippen molar-refractivity contribution in [1.82, 2.24) is 15.1 Å². The Labute approximate surface area is 110 Å². The first-order valence-corrected chi connectivity index (χ1v) is 7.61. The number of piperazine rings is 1. The van der Waals surface area contributed by atoms with Crippen LogP contribution in [0.1, 0.15) is 38.5 Å². The van der Waals surface area contributed by atoms with Crippen LogP contribution in [-0.2, 0) is 4.79 Å². The summed E-state index contributed by atoms with van der Waals surface area (Å²) in [6, 6.07) is 0.934. The van der Waals surface area contributed by atoms with E-state index in [2.05, 4.69) is 15.1 Å². The van der Waals surface area contributed by atoms with Crippen LogP contribution in [0.3, 0.4) is 0 Å². The summed E-state index contributed by atoms with van der Waals surface area (Å²) in [4.78, 5) is 17.0. The van der Waals surface area contributed by atoms with Gasteiger partial charge in [0, 0.05) is 32.2 Å². The van der Waals surface area contributed by atoms with Crippen molar-refractivity contribution in [3.63, 3.8) is 0 Å². The fraction of sp³-hybridized carbons (Fsp3) is 0.929. The van der Waals surface area contributed by atoms with Gasteiger partial charge in [-0.3, -0.25) is 9.69 Å². The molecule has 18 heavy (non-hydrogen) atoms. The number of nitrogens with one attached hydrogen (secondary N) is 1. The van der Waals surface area contributed by atoms with Crippen molar-refractivity contribution in [3.05, 3.63) is 0 Å². The highest BCUT2D eigenvalue weighted by Crippen LogP contribution is 2.25. The molecule has 2 saturated heterocycles. The van der Waals surface area contributed by atoms with E-state index in [1.165, 1.54) is 32.1 Å². The lowest BCUT2D eigenvalue weighted by Gasteiger charge is -2.43. The molecule has 3 fully saturated rings. The summed E-state index contributed by atoms with van der Waals surface area (Å²) >= 11 is 0. The molecule has 0 aromatic carbocycles. The number of rotatable bonds is 2. The number of hydrogen-bond acceptors (Lipinski definition) is 3. The summed E-state index contributed by atoms with van der Waals surface area (Å²) in [6.07, 6.45) is 7.60. The SMILES string of the molecule is O=C([C@H]1CCCCN1)N1CCN(C2CCC2)CC1. The molecular formula is C14H25N3O. The van der Waals surface area contributed by atoms with E-state index >= 15 is 0 Å². The minimum absolute atomic E-state index is 0.106. The fourth-order valence-electron chi connectivity index (χ4n) is 3.34. The molecule has 4 nitrogen and oxygen atoms in total. The molecule has 0 aromatic rings. The van der Waals surface area contributed by atoms with Crippen LogP contribution >= 0.6 is 0 Å². The highest BCUT2D eigenvalue weighted by Gasteiger charge is 2.31. The average Bonchev–Trinajstić information content (AvgIpc) is 2.38. The van der Waals surface area contributed by atoms with Gasteiger partial charge in [0.1, 0.15) is 0 Å². The molecule has 2 heterocycles. The maximum absolute atomic E-state index is 12.4. The van der Waals surface area contributed by atoms with Gasteiger partial charge in [-0.1, -0.05) is 12.8 Å². The smallest absolute Gasteiger partial charge is 0.239 e. The van der Waals surface area contributed by atoms with Crippen LogP contribution in [0, 0.1) is 0 Å². The van der Waals surface area contributed by atoms with E-state index in [1.54, 1.807) is 0 Å². The van der Waals surface area contributed by atoms with Crippen molar-refractivity contribution >= 4 is 5.91 Å². The highest BCUT2D eigenvalue weighted by atomic mass is 16.2. The molecule has 0 aromatic heterocycles. The van der Waals surface area contributed by atoms with E-state index in [9.17, 15) is 4.79 Å². The molecule has 3 rings (SSSR count). The lowest BCUT2D eigenvalue weighted by atomic mass is 9.91. The molecule has 0 spiro atoms. The van der Waals surface area contributed by atoms with E-state index in [1.807, 2.05) is 0 Å². The minimum Gasteiger partial charge on any atom is -0.339 e. The van der Waals surface area contributed by atoms with Crippen LogP contribution in [0.25, 0.3) is 0 Å². The summed E-state index contributed by atoms with van der Waals surface area (Å²) < 4.78 is 0. The fourth-order valence-corrected chi connectivity index (χ4v) is 3.34. The van der Waals surface area contributed by atoms with Crippen molar-refractivity contribution < 1.29 is 4.79 Å². The first-order chi connectivity index (χ1) is 8.84. The molecule has 1 aliphatic carbocycles. The van der Waals surface area contributed by atoms with Gasteiger partial charge in [-0.15, -0.1) is 0 Å². The lowest BCUT2D eigenvalue weighted by molar-refractivity contribution is -0.136. The number of amides is 1. The second kappa shape index (κ2) is 5.57. The number of nitrogens with zero attached hydrogens (tertiary/aromatic N) is 2. The second-order valence-corrected chi connectivity index (χ2v) is 5.95. The van der Waals surface area contributed by atoms with Gasteiger partial charge >= 0.3 is 0 Å². The van der Waals surface area contributed by atoms with Crippen LogP contribution in [-0.4, -0.2) is 60.5 Å². The predicted molar refractivity (Wildman–Crippen MR) is 71.4 cm³/mol. The van der Waals surface area contributed by atoms with Crippen LogP contribution in [0.5, 0.6) is 0 Å². The van der Waals surface area contributed by atoms with Gasteiger partial charge in [0.15, 0.2) is 0 Å². The third kappa shape index (κ3) is 2.54. The Balaban J connectivity index is 1.47. The average molecular weight is 251 g/mol. The van der Waals surface area contributed by atoms with Crippen LogP contribution in [0.4, 0.5) is 0 Å². The Bertz CT molecular complexity index is 289. The van der Waals surface area contributed by atoms with Crippen molar-refractivity contribution in [1.29, 1.82) is 0 Å². The van der Waals surface area contributed by atoms with E-state index in [0.717, 1.165) is 45.2 Å². The summed E-state index contributed by atoms with van der Waals surface area (Å²) in [5.41, 5.74) is 0. The Morgan fingerprint density at radius 3 is 2.28 bits per heavy atom. The Hall–Kier alpha value is -0.610. The predicted octanol–water partition coefficient (Wildman–Crippen LogP) is 0.825. The number of carbonyl (C=O) groups excluding carboxylic acids is 1. The highest BCUT2D eigenvalue weighted by molar-refractivity contribution is 5.82. The van der Waals surface area contributed by atoms with E-state index in [0.29, 0.717) is 5.91 Å². The Kier molecular flexibility index (Phi) is 3.85. The zero-order chi connectivity index (χ0) is 12.4. The van der Waals surface area contributed by atoms with Gasteiger partial charge in [-0.2, -0.15) is 0 Å². The Morgan fingerprint density at radius 2 is 1.72 bits per heavy atom. The van der Waals surface area contributed by atoms with Gasteiger partial charge in [0.2, 0.25) is 5.91 Å². The molecule has 102 valence electrons. The quantitative estimate of drug-likeness (QED) is 0.789. The maximum Gasteiger partial charge on any atom is 0.239 e. The molecule has 3 aliphatic rings. The van der Waals surface area contributed by atoms with Crippen LogP contribution in [0.15, 0.2) is 0 Å². The molecule has 0 bridgehead atoms. The number of hydrogen-bond donors (Lipinski definition) is 1. The monoisotopic (exact) mass is 251 g/mol. The lowest BCUT2D eigenvalue weighted by Crippen LogP contribution is -2.57. The standard InChI is InChI=1S/C14H25N3O/c18-14(13-6-1-2-7-15-13)17-10-8-16(9-11-17)12-4-3-5-12/h12-13,15H,1-11H2/t13-/m1/s1. The molecular weight excluding hydrogens is 226 g/mol. The minimum atomic E-state index is 0.106. The maximum atomic E-state index is 12.4. The molecule has 2 aliphatic heterocycles. The molecule has 1 atom stereocenters. The second-order valence-electron chi connectivity index (χ2n) is 5.95. The molecule has 0 unspecified atom stereocenters. The third-order valence-corrected chi connectivity index (χ3v) is 4.83. The summed E-state index contributed by atoms with van der Waals surface area (Å²) in [5.74, 6) is 0.350. The van der Waals surface area contributed by atoms with Gasteiger partial charge in [0.25, 0.3) is 0 Å². The molecule has 1 amide bonds. The van der Waals surface area contributed by atoms with Crippen LogP contribution < -0.4 is 5.32 Å². The van der Waals surface area contributed by atoms with Gasteiger partial charge in [-0.05, 0) is 32.2 Å². The molecule has 1 N–H and O–H groups in total.